The monoisotopic (exact) mass is 413 g/mol. The van der Waals surface area contributed by atoms with Crippen molar-refractivity contribution >= 4 is 24.0 Å². The molecule has 2 aliphatic heterocycles. The van der Waals surface area contributed by atoms with E-state index in [2.05, 4.69) is 22.0 Å². The van der Waals surface area contributed by atoms with E-state index in [1.807, 2.05) is 4.90 Å². The second-order valence-electron chi connectivity index (χ2n) is 7.50. The number of aliphatic imine (C=N–C) groups is 2. The van der Waals surface area contributed by atoms with E-state index in [9.17, 15) is 9.18 Å². The van der Waals surface area contributed by atoms with Crippen molar-refractivity contribution in [2.45, 2.75) is 19.8 Å². The van der Waals surface area contributed by atoms with Gasteiger partial charge in [-0.1, -0.05) is 6.07 Å². The average molecular weight is 413 g/mol. The van der Waals surface area contributed by atoms with Gasteiger partial charge < -0.3 is 20.7 Å². The predicted octanol–water partition coefficient (Wildman–Crippen LogP) is 2.56. The van der Waals surface area contributed by atoms with E-state index in [0.717, 1.165) is 31.6 Å². The van der Waals surface area contributed by atoms with Gasteiger partial charge in [0.15, 0.2) is 5.78 Å². The van der Waals surface area contributed by atoms with Gasteiger partial charge in [0.25, 0.3) is 0 Å². The number of amidine groups is 1. The molecule has 160 valence electrons. The van der Waals surface area contributed by atoms with E-state index in [-0.39, 0.29) is 22.9 Å². The number of hydrogen-bond donors (Lipinski definition) is 2. The fourth-order valence-electron chi connectivity index (χ4n) is 3.83. The number of nitrogens with two attached hydrogens (primary N) is 1. The van der Waals surface area contributed by atoms with E-state index < -0.39 is 5.82 Å². The summed E-state index contributed by atoms with van der Waals surface area (Å²) in [6.45, 7) is 7.95. The van der Waals surface area contributed by atoms with Crippen molar-refractivity contribution in [3.05, 3.63) is 52.7 Å². The first-order valence-electron chi connectivity index (χ1n) is 9.98. The molecule has 1 saturated heterocycles. The Morgan fingerprint density at radius 2 is 2.30 bits per heavy atom. The fraction of sp³-hybridized carbons (Fsp3) is 0.409. The summed E-state index contributed by atoms with van der Waals surface area (Å²) in [5, 5.41) is 3.42. The number of nitrogens with zero attached hydrogens (tertiary/aromatic N) is 3. The third kappa shape index (κ3) is 4.66. The van der Waals surface area contributed by atoms with Gasteiger partial charge in [-0.3, -0.25) is 9.79 Å². The van der Waals surface area contributed by atoms with E-state index in [4.69, 9.17) is 10.5 Å². The lowest BCUT2D eigenvalue weighted by atomic mass is 9.97. The Hall–Kier alpha value is -2.84. The number of Topliss-reactive ketones (excluding diaryl/α,β-unsaturated/α-hetero) is 1. The quantitative estimate of drug-likeness (QED) is 0.529. The Bertz CT molecular complexity index is 916. The molecule has 3 N–H and O–H groups in total. The summed E-state index contributed by atoms with van der Waals surface area (Å²) >= 11 is 0. The summed E-state index contributed by atoms with van der Waals surface area (Å²) in [6, 6.07) is 4.32. The lowest BCUT2D eigenvalue weighted by molar-refractivity contribution is 0.101. The van der Waals surface area contributed by atoms with Crippen LogP contribution < -0.4 is 11.1 Å². The first kappa shape index (κ1) is 21.9. The van der Waals surface area contributed by atoms with Crippen molar-refractivity contribution in [1.29, 1.82) is 0 Å². The molecule has 1 atom stereocenters. The molecule has 0 aliphatic carbocycles. The van der Waals surface area contributed by atoms with E-state index in [0.29, 0.717) is 30.3 Å². The van der Waals surface area contributed by atoms with Crippen molar-refractivity contribution < 1.29 is 13.9 Å². The molecule has 0 radical (unpaired) electrons. The lowest BCUT2D eigenvalue weighted by Crippen LogP contribution is -2.42. The molecular formula is C22H28FN5O2. The summed E-state index contributed by atoms with van der Waals surface area (Å²) < 4.78 is 20.3. The van der Waals surface area contributed by atoms with E-state index in [1.165, 1.54) is 19.1 Å². The van der Waals surface area contributed by atoms with Gasteiger partial charge in [-0.2, -0.15) is 0 Å². The van der Waals surface area contributed by atoms with Gasteiger partial charge in [0.05, 0.1) is 24.2 Å². The van der Waals surface area contributed by atoms with Gasteiger partial charge in [0.2, 0.25) is 0 Å². The van der Waals surface area contributed by atoms with Crippen LogP contribution in [0.4, 0.5) is 4.39 Å². The molecule has 2 heterocycles. The van der Waals surface area contributed by atoms with Gasteiger partial charge >= 0.3 is 0 Å². The Kier molecular flexibility index (Phi) is 7.12. The molecular weight excluding hydrogens is 385 g/mol. The number of piperidine rings is 1. The maximum atomic E-state index is 14.9. The second-order valence-corrected chi connectivity index (χ2v) is 7.50. The molecule has 1 aromatic carbocycles. The molecule has 0 amide bonds. The molecule has 30 heavy (non-hydrogen) atoms. The van der Waals surface area contributed by atoms with Crippen molar-refractivity contribution in [3.8, 4) is 0 Å². The van der Waals surface area contributed by atoms with Gasteiger partial charge in [0, 0.05) is 24.8 Å². The number of halogens is 1. The zero-order valence-corrected chi connectivity index (χ0v) is 17.4. The number of carbonyl (C=O) groups excluding carboxylic acids is 1. The molecule has 3 rings (SSSR count). The highest BCUT2D eigenvalue weighted by atomic mass is 19.1. The van der Waals surface area contributed by atoms with Gasteiger partial charge in [-0.15, -0.1) is 0 Å². The van der Waals surface area contributed by atoms with Crippen LogP contribution in [0, 0.1) is 11.7 Å². The molecule has 0 aromatic heterocycles. The summed E-state index contributed by atoms with van der Waals surface area (Å²) in [5.74, 6) is -0.156. The highest BCUT2D eigenvalue weighted by Gasteiger charge is 2.29. The minimum atomic E-state index is -0.562. The summed E-state index contributed by atoms with van der Waals surface area (Å²) in [6.07, 6.45) is 3.85. The van der Waals surface area contributed by atoms with Crippen LogP contribution in [0.5, 0.6) is 0 Å². The summed E-state index contributed by atoms with van der Waals surface area (Å²) in [7, 11) is 1.61. The minimum Gasteiger partial charge on any atom is -0.382 e. The van der Waals surface area contributed by atoms with Crippen LogP contribution in [0.1, 0.15) is 35.7 Å². The molecule has 0 saturated carbocycles. The Balaban J connectivity index is 2.09. The highest BCUT2D eigenvalue weighted by Crippen LogP contribution is 2.31. The summed E-state index contributed by atoms with van der Waals surface area (Å²) in [4.78, 5) is 22.0. The number of hydrogen-bond acceptors (Lipinski definition) is 7. The normalized spacial score (nSPS) is 21.0. The van der Waals surface area contributed by atoms with Crippen molar-refractivity contribution in [2.75, 3.05) is 33.4 Å². The van der Waals surface area contributed by atoms with Crippen LogP contribution in [-0.4, -0.2) is 56.6 Å². The van der Waals surface area contributed by atoms with Gasteiger partial charge in [-0.05, 0) is 57.6 Å². The standard InChI is InChI=1S/C22H28FN5O2/c1-14(29)16-6-7-18(19(23)9-16)20(25-2)21-22(24)27-11-17(13-30-3)28(21)12-15-5-4-8-26-10-15/h6-7,9,11,15,26H,2,4-5,8,10,12-13H2,1,3H3,(H2,24,27)/b21-20-/t15-/m1/s1. The highest BCUT2D eigenvalue weighted by molar-refractivity contribution is 6.05. The van der Waals surface area contributed by atoms with Crippen LogP contribution >= 0.6 is 0 Å². The maximum absolute atomic E-state index is 14.9. The van der Waals surface area contributed by atoms with E-state index in [1.54, 1.807) is 19.4 Å². The molecule has 2 aliphatic rings. The Labute approximate surface area is 176 Å². The zero-order valence-electron chi connectivity index (χ0n) is 17.4. The molecule has 1 fully saturated rings. The van der Waals surface area contributed by atoms with Crippen LogP contribution in [0.25, 0.3) is 5.70 Å². The number of benzene rings is 1. The molecule has 7 nitrogen and oxygen atoms in total. The molecule has 8 heteroatoms. The second kappa shape index (κ2) is 9.77. The first-order valence-corrected chi connectivity index (χ1v) is 9.98. The lowest BCUT2D eigenvalue weighted by Gasteiger charge is -2.36. The maximum Gasteiger partial charge on any atom is 0.159 e. The number of ether oxygens (including phenoxy) is 1. The van der Waals surface area contributed by atoms with Gasteiger partial charge in [-0.25, -0.2) is 9.38 Å². The third-order valence-electron chi connectivity index (χ3n) is 5.36. The van der Waals surface area contributed by atoms with Crippen molar-refractivity contribution in [2.24, 2.45) is 21.6 Å². The molecule has 0 spiro atoms. The first-order chi connectivity index (χ1) is 14.5. The molecule has 0 unspecified atom stereocenters. The van der Waals surface area contributed by atoms with E-state index >= 15 is 0 Å². The Morgan fingerprint density at radius 1 is 1.50 bits per heavy atom. The van der Waals surface area contributed by atoms with Crippen LogP contribution in [0.15, 0.2) is 45.8 Å². The number of carbonyl (C=O) groups is 1. The fourth-order valence-corrected chi connectivity index (χ4v) is 3.83. The van der Waals surface area contributed by atoms with Crippen molar-refractivity contribution in [1.82, 2.24) is 10.2 Å². The summed E-state index contributed by atoms with van der Waals surface area (Å²) in [5.41, 5.74) is 8.37. The molecule has 0 bridgehead atoms. The Morgan fingerprint density at radius 3 is 2.90 bits per heavy atom. The minimum absolute atomic E-state index is 0.211. The predicted molar refractivity (Wildman–Crippen MR) is 117 cm³/mol. The van der Waals surface area contributed by atoms with Crippen molar-refractivity contribution in [3.63, 3.8) is 0 Å². The zero-order chi connectivity index (χ0) is 21.7. The van der Waals surface area contributed by atoms with Crippen LogP contribution in [-0.2, 0) is 4.74 Å². The number of rotatable bonds is 7. The van der Waals surface area contributed by atoms with Gasteiger partial charge in [0.1, 0.15) is 17.3 Å². The topological polar surface area (TPSA) is 92.3 Å². The average Bonchev–Trinajstić information content (AvgIpc) is 2.74. The smallest absolute Gasteiger partial charge is 0.159 e. The largest absolute Gasteiger partial charge is 0.382 e. The molecule has 1 aromatic rings. The number of ketones is 1. The van der Waals surface area contributed by atoms with Crippen LogP contribution in [0.3, 0.4) is 0 Å². The third-order valence-corrected chi connectivity index (χ3v) is 5.36. The number of nitrogens with one attached hydrogen (secondary N) is 1. The van der Waals surface area contributed by atoms with Crippen LogP contribution in [0.2, 0.25) is 0 Å². The SMILES string of the molecule is C=N/C(=C1/C(N)=NC=C(COC)N1C[C@@H]1CCCNC1)c1ccc(C(C)=O)cc1F. The number of methoxy groups -OCH3 is 1.